The number of hydrogen-bond acceptors (Lipinski definition) is 2. The molecule has 14 heavy (non-hydrogen) atoms. The van der Waals surface area contributed by atoms with Crippen molar-refractivity contribution in [3.63, 3.8) is 0 Å². The number of rotatable bonds is 2. The normalized spacial score (nSPS) is 22.9. The molecule has 78 valence electrons. The van der Waals surface area contributed by atoms with Crippen molar-refractivity contribution in [2.24, 2.45) is 0 Å². The monoisotopic (exact) mass is 202 g/mol. The van der Waals surface area contributed by atoms with Gasteiger partial charge in [-0.2, -0.15) is 5.10 Å². The van der Waals surface area contributed by atoms with Crippen LogP contribution in [-0.2, 0) is 4.74 Å². The molecule has 1 atom stereocenters. The van der Waals surface area contributed by atoms with Crippen LogP contribution in [0.2, 0.25) is 0 Å². The van der Waals surface area contributed by atoms with E-state index in [0.29, 0.717) is 6.61 Å². The Balaban J connectivity index is 2.07. The number of halogens is 2. The third kappa shape index (κ3) is 1.92. The summed E-state index contributed by atoms with van der Waals surface area (Å²) < 4.78 is 31.4. The van der Waals surface area contributed by atoms with E-state index in [1.54, 1.807) is 0 Å². The average Bonchev–Trinajstić information content (AvgIpc) is 2.68. The maximum atomic E-state index is 12.3. The zero-order valence-electron chi connectivity index (χ0n) is 7.70. The Hall–Kier alpha value is -0.970. The molecule has 1 aromatic heterocycles. The first-order chi connectivity index (χ1) is 6.77. The third-order valence-corrected chi connectivity index (χ3v) is 2.32. The molecule has 5 heteroatoms. The van der Waals surface area contributed by atoms with Crippen LogP contribution in [0, 0.1) is 0 Å². The van der Waals surface area contributed by atoms with Crippen molar-refractivity contribution in [3.05, 3.63) is 18.0 Å². The van der Waals surface area contributed by atoms with Crippen LogP contribution in [0.5, 0.6) is 0 Å². The average molecular weight is 202 g/mol. The molecule has 1 aliphatic rings. The lowest BCUT2D eigenvalue weighted by molar-refractivity contribution is -0.0396. The van der Waals surface area contributed by atoms with Crippen LogP contribution in [0.3, 0.4) is 0 Å². The summed E-state index contributed by atoms with van der Waals surface area (Å²) in [6, 6.07) is 0. The minimum absolute atomic E-state index is 0.0424. The number of hydrogen-bond donors (Lipinski definition) is 0. The van der Waals surface area contributed by atoms with Gasteiger partial charge < -0.3 is 4.74 Å². The maximum absolute atomic E-state index is 12.3. The van der Waals surface area contributed by atoms with Gasteiger partial charge in [0, 0.05) is 12.8 Å². The molecule has 0 spiro atoms. The Morgan fingerprint density at radius 3 is 2.93 bits per heavy atom. The first kappa shape index (κ1) is 9.58. The minimum Gasteiger partial charge on any atom is -0.357 e. The number of ether oxygens (including phenoxy) is 1. The quantitative estimate of drug-likeness (QED) is 0.736. The van der Waals surface area contributed by atoms with Gasteiger partial charge in [-0.15, -0.1) is 0 Å². The molecule has 0 aliphatic carbocycles. The lowest BCUT2D eigenvalue weighted by Gasteiger charge is -2.22. The van der Waals surface area contributed by atoms with E-state index >= 15 is 0 Å². The molecule has 3 nitrogen and oxygen atoms in total. The van der Waals surface area contributed by atoms with E-state index in [1.165, 1.54) is 17.1 Å². The summed E-state index contributed by atoms with van der Waals surface area (Å²) in [7, 11) is 0. The lowest BCUT2D eigenvalue weighted by atomic mass is 10.2. The van der Waals surface area contributed by atoms with E-state index in [2.05, 4.69) is 5.10 Å². The first-order valence-corrected chi connectivity index (χ1v) is 4.71. The van der Waals surface area contributed by atoms with E-state index in [0.717, 1.165) is 19.3 Å². The van der Waals surface area contributed by atoms with Crippen molar-refractivity contribution in [2.45, 2.75) is 31.9 Å². The fourth-order valence-electron chi connectivity index (χ4n) is 1.56. The Kier molecular flexibility index (Phi) is 2.77. The van der Waals surface area contributed by atoms with Crippen molar-refractivity contribution >= 4 is 0 Å². The molecule has 0 bridgehead atoms. The molecule has 1 fully saturated rings. The van der Waals surface area contributed by atoms with Crippen LogP contribution in [0.15, 0.2) is 12.4 Å². The van der Waals surface area contributed by atoms with Gasteiger partial charge in [0.15, 0.2) is 0 Å². The van der Waals surface area contributed by atoms with Gasteiger partial charge in [0.1, 0.15) is 6.23 Å². The molecule has 1 saturated heterocycles. The highest BCUT2D eigenvalue weighted by molar-refractivity contribution is 5.05. The van der Waals surface area contributed by atoms with Crippen LogP contribution in [0.1, 0.15) is 37.5 Å². The summed E-state index contributed by atoms with van der Waals surface area (Å²) in [5, 5.41) is 3.87. The largest absolute Gasteiger partial charge is 0.357 e. The van der Waals surface area contributed by atoms with Gasteiger partial charge in [-0.3, -0.25) is 0 Å². The Morgan fingerprint density at radius 2 is 2.36 bits per heavy atom. The molecule has 2 rings (SSSR count). The molecular formula is C9H12F2N2O. The second-order valence-corrected chi connectivity index (χ2v) is 3.38. The van der Waals surface area contributed by atoms with E-state index in [4.69, 9.17) is 4.74 Å². The van der Waals surface area contributed by atoms with E-state index in [-0.39, 0.29) is 11.8 Å². The van der Waals surface area contributed by atoms with E-state index in [9.17, 15) is 8.78 Å². The fourth-order valence-corrected chi connectivity index (χ4v) is 1.56. The molecule has 1 aliphatic heterocycles. The molecule has 0 radical (unpaired) electrons. The topological polar surface area (TPSA) is 27.1 Å². The van der Waals surface area contributed by atoms with Gasteiger partial charge in [0.05, 0.1) is 11.8 Å². The van der Waals surface area contributed by atoms with Crippen LogP contribution >= 0.6 is 0 Å². The summed E-state index contributed by atoms with van der Waals surface area (Å²) in [6.45, 7) is 0.689. The van der Waals surface area contributed by atoms with Crippen LogP contribution in [-0.4, -0.2) is 16.4 Å². The van der Waals surface area contributed by atoms with Gasteiger partial charge >= 0.3 is 0 Å². The molecule has 0 saturated carbocycles. The van der Waals surface area contributed by atoms with Gasteiger partial charge in [-0.05, 0) is 19.3 Å². The predicted molar refractivity (Wildman–Crippen MR) is 46.0 cm³/mol. The number of alkyl halides is 2. The SMILES string of the molecule is FC(F)c1cnn(C2CCCCO2)c1. The number of aromatic nitrogens is 2. The predicted octanol–water partition coefficient (Wildman–Crippen LogP) is 2.52. The Labute approximate surface area is 80.7 Å². The lowest BCUT2D eigenvalue weighted by Crippen LogP contribution is -2.18. The molecule has 0 N–H and O–H groups in total. The van der Waals surface area contributed by atoms with E-state index in [1.807, 2.05) is 0 Å². The van der Waals surface area contributed by atoms with Crippen molar-refractivity contribution in [1.82, 2.24) is 9.78 Å². The van der Waals surface area contributed by atoms with Crippen molar-refractivity contribution < 1.29 is 13.5 Å². The zero-order valence-corrected chi connectivity index (χ0v) is 7.70. The Bertz CT molecular complexity index is 295. The van der Waals surface area contributed by atoms with Crippen LogP contribution in [0.4, 0.5) is 8.78 Å². The van der Waals surface area contributed by atoms with Gasteiger partial charge in [0.25, 0.3) is 6.43 Å². The van der Waals surface area contributed by atoms with E-state index < -0.39 is 6.43 Å². The standard InChI is InChI=1S/C9H12F2N2O/c10-9(11)7-5-12-13(6-7)8-3-1-2-4-14-8/h5-6,8-9H,1-4H2. The molecule has 2 heterocycles. The summed E-state index contributed by atoms with van der Waals surface area (Å²) in [6.07, 6.45) is 2.91. The number of nitrogens with zero attached hydrogens (tertiary/aromatic N) is 2. The maximum Gasteiger partial charge on any atom is 0.266 e. The van der Waals surface area contributed by atoms with Gasteiger partial charge in [-0.1, -0.05) is 0 Å². The molecule has 0 amide bonds. The second kappa shape index (κ2) is 4.04. The van der Waals surface area contributed by atoms with Crippen molar-refractivity contribution in [3.8, 4) is 0 Å². The highest BCUT2D eigenvalue weighted by atomic mass is 19.3. The van der Waals surface area contributed by atoms with Crippen LogP contribution < -0.4 is 0 Å². The highest BCUT2D eigenvalue weighted by Gasteiger charge is 2.18. The molecule has 1 unspecified atom stereocenters. The van der Waals surface area contributed by atoms with Gasteiger partial charge in [-0.25, -0.2) is 13.5 Å². The molecule has 0 aromatic carbocycles. The van der Waals surface area contributed by atoms with Gasteiger partial charge in [0.2, 0.25) is 0 Å². The molecular weight excluding hydrogens is 190 g/mol. The van der Waals surface area contributed by atoms with Crippen LogP contribution in [0.25, 0.3) is 0 Å². The summed E-state index contributed by atoms with van der Waals surface area (Å²) in [5.74, 6) is 0. The fraction of sp³-hybridized carbons (Fsp3) is 0.667. The summed E-state index contributed by atoms with van der Waals surface area (Å²) in [5.41, 5.74) is -0.0424. The summed E-state index contributed by atoms with van der Waals surface area (Å²) in [4.78, 5) is 0. The highest BCUT2D eigenvalue weighted by Crippen LogP contribution is 2.24. The molecule has 1 aromatic rings. The first-order valence-electron chi connectivity index (χ1n) is 4.71. The summed E-state index contributed by atoms with van der Waals surface area (Å²) >= 11 is 0. The second-order valence-electron chi connectivity index (χ2n) is 3.38. The zero-order chi connectivity index (χ0) is 9.97. The smallest absolute Gasteiger partial charge is 0.266 e. The Morgan fingerprint density at radius 1 is 1.50 bits per heavy atom. The minimum atomic E-state index is -2.45. The van der Waals surface area contributed by atoms with Crippen molar-refractivity contribution in [1.29, 1.82) is 0 Å². The third-order valence-electron chi connectivity index (χ3n) is 2.32. The van der Waals surface area contributed by atoms with Crippen molar-refractivity contribution in [2.75, 3.05) is 6.61 Å².